The number of carbonyl (C=O) groups is 1. The van der Waals surface area contributed by atoms with Crippen LogP contribution in [0.3, 0.4) is 0 Å². The van der Waals surface area contributed by atoms with Crippen molar-refractivity contribution in [3.05, 3.63) is 48.0 Å². The Morgan fingerprint density at radius 2 is 1.88 bits per heavy atom. The van der Waals surface area contributed by atoms with Gasteiger partial charge < -0.3 is 4.90 Å². The van der Waals surface area contributed by atoms with Crippen LogP contribution in [0.15, 0.2) is 42.5 Å². The Kier molecular flexibility index (Phi) is 4.99. The minimum absolute atomic E-state index is 0.168. The van der Waals surface area contributed by atoms with E-state index in [1.165, 1.54) is 10.9 Å². The average Bonchev–Trinajstić information content (AvgIpc) is 2.91. The maximum Gasteiger partial charge on any atom is 0.406 e. The van der Waals surface area contributed by atoms with Gasteiger partial charge in [0.1, 0.15) is 6.54 Å². The lowest BCUT2D eigenvalue weighted by Gasteiger charge is -2.24. The third kappa shape index (κ3) is 4.12. The Balaban J connectivity index is 1.63. The average molecular weight is 350 g/mol. The van der Waals surface area contributed by atoms with Gasteiger partial charge in [-0.15, -0.1) is 0 Å². The molecule has 2 aromatic carbocycles. The van der Waals surface area contributed by atoms with Crippen LogP contribution in [0, 0.1) is 0 Å². The van der Waals surface area contributed by atoms with Gasteiger partial charge in [-0.1, -0.05) is 42.5 Å². The Bertz CT molecular complexity index is 754. The van der Waals surface area contributed by atoms with Crippen LogP contribution in [-0.4, -0.2) is 54.6 Å². The molecule has 1 amide bonds. The smallest absolute Gasteiger partial charge is 0.332 e. The largest absolute Gasteiger partial charge is 0.406 e. The number of rotatable bonds is 5. The molecule has 2 aromatic rings. The molecule has 1 unspecified atom stereocenters. The highest BCUT2D eigenvalue weighted by Gasteiger charge is 2.40. The third-order valence-corrected chi connectivity index (χ3v) is 4.79. The van der Waals surface area contributed by atoms with Crippen LogP contribution >= 0.6 is 0 Å². The minimum Gasteiger partial charge on any atom is -0.332 e. The van der Waals surface area contributed by atoms with E-state index in [-0.39, 0.29) is 6.54 Å². The highest BCUT2D eigenvalue weighted by Crippen LogP contribution is 2.24. The molecule has 1 fully saturated rings. The molecule has 134 valence electrons. The summed E-state index contributed by atoms with van der Waals surface area (Å²) in [6.07, 6.45) is -3.14. The molecule has 25 heavy (non-hydrogen) atoms. The number of nitrogens with zero attached hydrogens (tertiary/aromatic N) is 2. The fraction of sp³-hybridized carbons (Fsp3) is 0.421. The van der Waals surface area contributed by atoms with Gasteiger partial charge >= 0.3 is 6.18 Å². The molecule has 3 rings (SSSR count). The summed E-state index contributed by atoms with van der Waals surface area (Å²) in [4.78, 5) is 15.0. The molecule has 0 aliphatic carbocycles. The van der Waals surface area contributed by atoms with E-state index in [2.05, 4.69) is 24.3 Å². The molecule has 1 atom stereocenters. The first-order valence-electron chi connectivity index (χ1n) is 8.37. The summed E-state index contributed by atoms with van der Waals surface area (Å²) in [5.41, 5.74) is 1.18. The van der Waals surface area contributed by atoms with Crippen LogP contribution in [0.2, 0.25) is 0 Å². The number of likely N-dealkylation sites (N-methyl/N-ethyl adjacent to an activating group) is 1. The quantitative estimate of drug-likeness (QED) is 0.824. The van der Waals surface area contributed by atoms with Crippen molar-refractivity contribution in [2.24, 2.45) is 0 Å². The normalized spacial score (nSPS) is 18.5. The first-order valence-corrected chi connectivity index (χ1v) is 8.37. The number of fused-ring (bicyclic) bond motifs is 1. The van der Waals surface area contributed by atoms with Gasteiger partial charge in [0.05, 0.1) is 6.04 Å². The predicted octanol–water partition coefficient (Wildman–Crippen LogP) is 3.48. The zero-order valence-electron chi connectivity index (χ0n) is 14.1. The SMILES string of the molecule is CN(CCc1cccc2ccccc12)C1CCN(CC(F)(F)F)C1=O. The number of benzene rings is 2. The first kappa shape index (κ1) is 17.7. The summed E-state index contributed by atoms with van der Waals surface area (Å²) in [7, 11) is 1.81. The van der Waals surface area contributed by atoms with E-state index in [1.807, 2.05) is 30.1 Å². The molecule has 3 nitrogen and oxygen atoms in total. The highest BCUT2D eigenvalue weighted by atomic mass is 19.4. The molecule has 6 heteroatoms. The van der Waals surface area contributed by atoms with E-state index >= 15 is 0 Å². The second-order valence-electron chi connectivity index (χ2n) is 6.55. The van der Waals surface area contributed by atoms with E-state index < -0.39 is 24.7 Å². The van der Waals surface area contributed by atoms with Crippen LogP contribution in [-0.2, 0) is 11.2 Å². The molecule has 1 heterocycles. The number of amides is 1. The number of alkyl halides is 3. The van der Waals surface area contributed by atoms with Gasteiger partial charge in [-0.05, 0) is 36.2 Å². The van der Waals surface area contributed by atoms with Crippen LogP contribution in [0.25, 0.3) is 10.8 Å². The maximum absolute atomic E-state index is 12.5. The van der Waals surface area contributed by atoms with Gasteiger partial charge in [-0.2, -0.15) is 13.2 Å². The number of likely N-dealkylation sites (tertiary alicyclic amines) is 1. The number of halogens is 3. The number of hydrogen-bond donors (Lipinski definition) is 0. The summed E-state index contributed by atoms with van der Waals surface area (Å²) >= 11 is 0. The molecule has 0 bridgehead atoms. The van der Waals surface area contributed by atoms with Gasteiger partial charge in [0, 0.05) is 13.1 Å². The molecule has 0 N–H and O–H groups in total. The Hall–Kier alpha value is -2.08. The summed E-state index contributed by atoms with van der Waals surface area (Å²) in [5.74, 6) is -0.419. The summed E-state index contributed by atoms with van der Waals surface area (Å²) in [6, 6.07) is 13.8. The molecule has 0 spiro atoms. The standard InChI is InChI=1S/C19H21F3N2O/c1-23(17-10-12-24(18(17)25)13-19(20,21)22)11-9-15-7-4-6-14-5-2-3-8-16(14)15/h2-8,17H,9-13H2,1H3. The second-order valence-corrected chi connectivity index (χ2v) is 6.55. The Labute approximate surface area is 145 Å². The van der Waals surface area contributed by atoms with Gasteiger partial charge in [0.25, 0.3) is 0 Å². The maximum atomic E-state index is 12.5. The monoisotopic (exact) mass is 350 g/mol. The predicted molar refractivity (Wildman–Crippen MR) is 91.3 cm³/mol. The molecule has 0 saturated carbocycles. The molecule has 1 aliphatic heterocycles. The van der Waals surface area contributed by atoms with E-state index in [0.29, 0.717) is 13.0 Å². The lowest BCUT2D eigenvalue weighted by atomic mass is 10.0. The molecule has 1 aliphatic rings. The van der Waals surface area contributed by atoms with Gasteiger partial charge in [0.2, 0.25) is 5.91 Å². The Morgan fingerprint density at radius 1 is 1.16 bits per heavy atom. The van der Waals surface area contributed by atoms with Crippen LogP contribution in [0.1, 0.15) is 12.0 Å². The van der Waals surface area contributed by atoms with Crippen LogP contribution < -0.4 is 0 Å². The summed E-state index contributed by atoms with van der Waals surface area (Å²) in [6.45, 7) is -0.356. The fourth-order valence-electron chi connectivity index (χ4n) is 3.47. The highest BCUT2D eigenvalue weighted by molar-refractivity contribution is 5.86. The van der Waals surface area contributed by atoms with E-state index in [9.17, 15) is 18.0 Å². The minimum atomic E-state index is -4.34. The molecular weight excluding hydrogens is 329 g/mol. The fourth-order valence-corrected chi connectivity index (χ4v) is 3.47. The topological polar surface area (TPSA) is 23.6 Å². The van der Waals surface area contributed by atoms with Crippen molar-refractivity contribution in [1.82, 2.24) is 9.80 Å². The lowest BCUT2D eigenvalue weighted by Crippen LogP contribution is -2.43. The molecule has 0 radical (unpaired) electrons. The van der Waals surface area contributed by atoms with Gasteiger partial charge in [-0.3, -0.25) is 9.69 Å². The van der Waals surface area contributed by atoms with Crippen molar-refractivity contribution in [3.8, 4) is 0 Å². The number of carbonyl (C=O) groups excluding carboxylic acids is 1. The summed E-state index contributed by atoms with van der Waals surface area (Å²) in [5, 5.41) is 2.34. The number of hydrogen-bond acceptors (Lipinski definition) is 2. The first-order chi connectivity index (χ1) is 11.8. The van der Waals surface area contributed by atoms with Crippen LogP contribution in [0.5, 0.6) is 0 Å². The van der Waals surface area contributed by atoms with E-state index in [1.54, 1.807) is 0 Å². The van der Waals surface area contributed by atoms with Crippen molar-refractivity contribution in [2.75, 3.05) is 26.7 Å². The molecule has 0 aromatic heterocycles. The van der Waals surface area contributed by atoms with Crippen molar-refractivity contribution >= 4 is 16.7 Å². The van der Waals surface area contributed by atoms with Gasteiger partial charge in [-0.25, -0.2) is 0 Å². The zero-order valence-corrected chi connectivity index (χ0v) is 14.1. The molecular formula is C19H21F3N2O. The van der Waals surface area contributed by atoms with Crippen molar-refractivity contribution in [1.29, 1.82) is 0 Å². The van der Waals surface area contributed by atoms with E-state index in [4.69, 9.17) is 0 Å². The van der Waals surface area contributed by atoms with Crippen molar-refractivity contribution < 1.29 is 18.0 Å². The van der Waals surface area contributed by atoms with E-state index in [0.717, 1.165) is 16.7 Å². The van der Waals surface area contributed by atoms with Crippen molar-refractivity contribution in [2.45, 2.75) is 25.1 Å². The summed E-state index contributed by atoms with van der Waals surface area (Å²) < 4.78 is 37.6. The zero-order chi connectivity index (χ0) is 18.0. The lowest BCUT2D eigenvalue weighted by molar-refractivity contribution is -0.158. The van der Waals surface area contributed by atoms with Crippen molar-refractivity contribution in [3.63, 3.8) is 0 Å². The third-order valence-electron chi connectivity index (χ3n) is 4.79. The van der Waals surface area contributed by atoms with Gasteiger partial charge in [0.15, 0.2) is 0 Å². The van der Waals surface area contributed by atoms with Crippen LogP contribution in [0.4, 0.5) is 13.2 Å². The second kappa shape index (κ2) is 7.04. The molecule has 1 saturated heterocycles. The Morgan fingerprint density at radius 3 is 2.64 bits per heavy atom.